The van der Waals surface area contributed by atoms with E-state index >= 15 is 0 Å². The molecule has 0 bridgehead atoms. The van der Waals surface area contributed by atoms with E-state index in [1.807, 2.05) is 0 Å². The molecule has 0 fully saturated rings. The Kier molecular flexibility index (Phi) is 18.8. The molecule has 0 aromatic heterocycles. The highest BCUT2D eigenvalue weighted by Gasteiger charge is 2.10. The lowest BCUT2D eigenvalue weighted by atomic mass is 10.1. The molecule has 0 aliphatic carbocycles. The van der Waals surface area contributed by atoms with E-state index in [4.69, 9.17) is 9.47 Å². The molecule has 0 spiro atoms. The predicted octanol–water partition coefficient (Wildman–Crippen LogP) is 9.93. The molecular weight excluding hydrogens is 598 g/mol. The highest BCUT2D eigenvalue weighted by atomic mass is 127. The summed E-state index contributed by atoms with van der Waals surface area (Å²) in [5.41, 5.74) is 0. The van der Waals surface area contributed by atoms with Crippen LogP contribution in [0.5, 0.6) is 11.5 Å². The highest BCUT2D eigenvalue weighted by Crippen LogP contribution is 2.33. The molecule has 0 unspecified atom stereocenters. The van der Waals surface area contributed by atoms with Crippen LogP contribution in [0.1, 0.15) is 117 Å². The lowest BCUT2D eigenvalue weighted by molar-refractivity contribution is 0.285. The maximum atomic E-state index is 6.10. The van der Waals surface area contributed by atoms with Crippen molar-refractivity contribution in [1.29, 1.82) is 0 Å². The average Bonchev–Trinajstić information content (AvgIpc) is 2.74. The van der Waals surface area contributed by atoms with Crippen molar-refractivity contribution in [2.75, 3.05) is 13.2 Å². The topological polar surface area (TPSA) is 18.5 Å². The Morgan fingerprint density at radius 1 is 0.533 bits per heavy atom. The quantitative estimate of drug-likeness (QED) is 0.104. The second-order valence-electron chi connectivity index (χ2n) is 8.36. The smallest absolute Gasteiger partial charge is 0.137 e. The summed E-state index contributed by atoms with van der Waals surface area (Å²) in [4.78, 5) is 0. The molecule has 0 saturated heterocycles. The van der Waals surface area contributed by atoms with E-state index in [0.717, 1.165) is 41.1 Å². The molecule has 1 aromatic carbocycles. The largest absolute Gasteiger partial charge is 0.492 e. The Morgan fingerprint density at radius 3 is 1.23 bits per heavy atom. The predicted molar refractivity (Wildman–Crippen MR) is 148 cm³/mol. The maximum Gasteiger partial charge on any atom is 0.137 e. The van der Waals surface area contributed by atoms with Gasteiger partial charge < -0.3 is 9.47 Å². The fourth-order valence-electron chi connectivity index (χ4n) is 3.59. The number of hydrogen-bond acceptors (Lipinski definition) is 2. The Labute approximate surface area is 213 Å². The second-order valence-corrected chi connectivity index (χ2v) is 10.7. The van der Waals surface area contributed by atoms with Crippen LogP contribution in [-0.2, 0) is 0 Å². The maximum absolute atomic E-state index is 6.10. The minimum atomic E-state index is 0.808. The zero-order chi connectivity index (χ0) is 21.9. The number of hydrogen-bond donors (Lipinski definition) is 0. The van der Waals surface area contributed by atoms with Gasteiger partial charge in [0.2, 0.25) is 0 Å². The van der Waals surface area contributed by atoms with Crippen molar-refractivity contribution in [3.8, 4) is 11.5 Å². The third-order valence-corrected chi connectivity index (χ3v) is 7.17. The zero-order valence-corrected chi connectivity index (χ0v) is 23.8. The van der Waals surface area contributed by atoms with Gasteiger partial charge in [0, 0.05) is 3.57 Å². The molecule has 0 radical (unpaired) electrons. The summed E-state index contributed by atoms with van der Waals surface area (Å²) in [6.07, 6.45) is 21.3. The summed E-state index contributed by atoms with van der Waals surface area (Å²) in [6.45, 7) is 6.16. The molecule has 0 N–H and O–H groups in total. The molecule has 4 heteroatoms. The van der Waals surface area contributed by atoms with Crippen molar-refractivity contribution in [2.45, 2.75) is 117 Å². The van der Waals surface area contributed by atoms with Crippen LogP contribution in [0, 0.1) is 7.14 Å². The van der Waals surface area contributed by atoms with Gasteiger partial charge in [-0.25, -0.2) is 0 Å². The summed E-state index contributed by atoms with van der Waals surface area (Å²) < 4.78 is 14.5. The molecule has 174 valence electrons. The molecular formula is C26H44I2O2. The number of halogens is 2. The van der Waals surface area contributed by atoms with E-state index in [9.17, 15) is 0 Å². The van der Waals surface area contributed by atoms with Crippen molar-refractivity contribution in [2.24, 2.45) is 0 Å². The third-order valence-electron chi connectivity index (χ3n) is 5.48. The van der Waals surface area contributed by atoms with Gasteiger partial charge in [-0.15, -0.1) is 0 Å². The van der Waals surface area contributed by atoms with Gasteiger partial charge in [0.15, 0.2) is 0 Å². The van der Waals surface area contributed by atoms with Gasteiger partial charge >= 0.3 is 0 Å². The molecule has 0 amide bonds. The first-order valence-electron chi connectivity index (χ1n) is 12.4. The highest BCUT2D eigenvalue weighted by molar-refractivity contribution is 14.1. The van der Waals surface area contributed by atoms with E-state index < -0.39 is 0 Å². The summed E-state index contributed by atoms with van der Waals surface area (Å²) >= 11 is 4.74. The van der Waals surface area contributed by atoms with E-state index in [2.05, 4.69) is 71.2 Å². The Bertz CT molecular complexity index is 491. The van der Waals surface area contributed by atoms with Crippen molar-refractivity contribution in [3.63, 3.8) is 0 Å². The molecule has 0 atom stereocenters. The monoisotopic (exact) mass is 642 g/mol. The van der Waals surface area contributed by atoms with E-state index in [1.165, 1.54) is 93.5 Å². The molecule has 0 heterocycles. The van der Waals surface area contributed by atoms with Crippen molar-refractivity contribution >= 4 is 45.2 Å². The molecule has 1 rings (SSSR count). The minimum absolute atomic E-state index is 0.808. The lowest BCUT2D eigenvalue weighted by Crippen LogP contribution is -2.03. The van der Waals surface area contributed by atoms with Crippen LogP contribution >= 0.6 is 45.2 Å². The van der Waals surface area contributed by atoms with Crippen LogP contribution in [0.3, 0.4) is 0 Å². The molecule has 0 aliphatic heterocycles. The van der Waals surface area contributed by atoms with Crippen LogP contribution in [0.25, 0.3) is 0 Å². The number of unbranched alkanes of at least 4 members (excludes halogenated alkanes) is 14. The van der Waals surface area contributed by atoms with Gasteiger partial charge in [-0.3, -0.25) is 0 Å². The minimum Gasteiger partial charge on any atom is -0.492 e. The van der Waals surface area contributed by atoms with E-state index in [0.29, 0.717) is 0 Å². The van der Waals surface area contributed by atoms with Crippen LogP contribution in [0.2, 0.25) is 0 Å². The molecule has 1 aromatic rings. The van der Waals surface area contributed by atoms with Gasteiger partial charge in [0.25, 0.3) is 0 Å². The lowest BCUT2D eigenvalue weighted by Gasteiger charge is -2.14. The van der Waals surface area contributed by atoms with E-state index in [-0.39, 0.29) is 0 Å². The number of ether oxygens (including phenoxy) is 2. The van der Waals surface area contributed by atoms with Crippen LogP contribution < -0.4 is 9.47 Å². The summed E-state index contributed by atoms with van der Waals surface area (Å²) in [5.74, 6) is 1.97. The standard InChI is InChI=1S/C26H44I2O2/c1-3-5-7-9-11-13-15-17-19-29-24-21-23(27)22-25(26(24)28)30-20-18-16-14-12-10-8-6-4-2/h21-22H,3-20H2,1-2H3. The van der Waals surface area contributed by atoms with Crippen LogP contribution in [0.4, 0.5) is 0 Å². The first kappa shape index (κ1) is 28.3. The third kappa shape index (κ3) is 14.4. The number of benzene rings is 1. The van der Waals surface area contributed by atoms with E-state index in [1.54, 1.807) is 0 Å². The van der Waals surface area contributed by atoms with Crippen LogP contribution in [0.15, 0.2) is 12.1 Å². The Hall–Kier alpha value is 0.280. The van der Waals surface area contributed by atoms with Crippen molar-refractivity contribution in [1.82, 2.24) is 0 Å². The van der Waals surface area contributed by atoms with Gasteiger partial charge in [-0.05, 0) is 70.2 Å². The first-order valence-corrected chi connectivity index (χ1v) is 14.6. The van der Waals surface area contributed by atoms with Gasteiger partial charge in [0.05, 0.1) is 16.8 Å². The average molecular weight is 642 g/mol. The summed E-state index contributed by atoms with van der Waals surface area (Å²) in [6, 6.07) is 4.27. The Morgan fingerprint density at radius 2 is 0.867 bits per heavy atom. The van der Waals surface area contributed by atoms with Crippen molar-refractivity contribution < 1.29 is 9.47 Å². The van der Waals surface area contributed by atoms with Gasteiger partial charge in [-0.1, -0.05) is 104 Å². The fourth-order valence-corrected chi connectivity index (χ4v) is 4.77. The molecule has 30 heavy (non-hydrogen) atoms. The Balaban J connectivity index is 2.20. The van der Waals surface area contributed by atoms with Crippen LogP contribution in [-0.4, -0.2) is 13.2 Å². The normalized spacial score (nSPS) is 11.1. The second kappa shape index (κ2) is 19.9. The van der Waals surface area contributed by atoms with Gasteiger partial charge in [-0.2, -0.15) is 0 Å². The van der Waals surface area contributed by atoms with Gasteiger partial charge in [0.1, 0.15) is 11.5 Å². The molecule has 0 aliphatic rings. The zero-order valence-electron chi connectivity index (χ0n) is 19.5. The molecule has 0 saturated carbocycles. The number of rotatable bonds is 20. The first-order chi connectivity index (χ1) is 14.7. The molecule has 2 nitrogen and oxygen atoms in total. The SMILES string of the molecule is CCCCCCCCCCOc1cc(I)cc(OCCCCCCCCCC)c1I. The summed E-state index contributed by atoms with van der Waals surface area (Å²) in [5, 5.41) is 0. The van der Waals surface area contributed by atoms with Crippen molar-refractivity contribution in [3.05, 3.63) is 19.3 Å². The fraction of sp³-hybridized carbons (Fsp3) is 0.769. The summed E-state index contributed by atoms with van der Waals surface area (Å²) in [7, 11) is 0.